The summed E-state index contributed by atoms with van der Waals surface area (Å²) in [6, 6.07) is 7.44. The van der Waals surface area contributed by atoms with E-state index in [9.17, 15) is 14.4 Å². The van der Waals surface area contributed by atoms with E-state index in [2.05, 4.69) is 15.6 Å². The van der Waals surface area contributed by atoms with Crippen LogP contribution in [-0.4, -0.2) is 53.5 Å². The first kappa shape index (κ1) is 21.1. The molecule has 0 spiro atoms. The molecule has 2 heterocycles. The Kier molecular flexibility index (Phi) is 6.42. The van der Waals surface area contributed by atoms with Crippen molar-refractivity contribution in [1.29, 1.82) is 0 Å². The highest BCUT2D eigenvalue weighted by Gasteiger charge is 2.47. The first-order valence-corrected chi connectivity index (χ1v) is 10.2. The Balaban J connectivity index is 1.69. The van der Waals surface area contributed by atoms with Gasteiger partial charge >= 0.3 is 6.03 Å². The van der Waals surface area contributed by atoms with Gasteiger partial charge in [-0.05, 0) is 50.4 Å². The van der Waals surface area contributed by atoms with E-state index in [1.165, 1.54) is 0 Å². The number of hydrogen-bond donors (Lipinski definition) is 2. The molecule has 0 bridgehead atoms. The molecule has 1 aromatic carbocycles. The molecule has 2 aliphatic rings. The number of carbonyl (C=O) groups is 3. The van der Waals surface area contributed by atoms with Crippen LogP contribution >= 0.6 is 0 Å². The van der Waals surface area contributed by atoms with Gasteiger partial charge in [0.05, 0.1) is 13.7 Å². The molecular weight excluding hydrogens is 372 g/mol. The van der Waals surface area contributed by atoms with Gasteiger partial charge in [0, 0.05) is 6.04 Å². The van der Waals surface area contributed by atoms with E-state index in [0.29, 0.717) is 6.42 Å². The second kappa shape index (κ2) is 8.82. The van der Waals surface area contributed by atoms with Crippen molar-refractivity contribution in [3.8, 4) is 5.75 Å². The molecule has 0 unspecified atom stereocenters. The lowest BCUT2D eigenvalue weighted by Crippen LogP contribution is -2.51. The summed E-state index contributed by atoms with van der Waals surface area (Å²) in [6.45, 7) is 4.39. The molecule has 2 fully saturated rings. The van der Waals surface area contributed by atoms with E-state index < -0.39 is 17.5 Å². The van der Waals surface area contributed by atoms with Crippen LogP contribution in [0.4, 0.5) is 4.79 Å². The van der Waals surface area contributed by atoms with E-state index in [-0.39, 0.29) is 18.5 Å². The summed E-state index contributed by atoms with van der Waals surface area (Å²) in [7, 11) is 1.64. The van der Waals surface area contributed by atoms with Crippen LogP contribution in [0.2, 0.25) is 0 Å². The molecule has 2 aliphatic heterocycles. The Morgan fingerprint density at radius 1 is 1.24 bits per heavy atom. The summed E-state index contributed by atoms with van der Waals surface area (Å²) in [5.41, 5.74) is 2.66. The van der Waals surface area contributed by atoms with Crippen LogP contribution in [0.3, 0.4) is 0 Å². The minimum atomic E-state index is -0.974. The number of benzene rings is 1. The van der Waals surface area contributed by atoms with Crippen LogP contribution in [-0.2, 0) is 9.59 Å². The highest BCUT2D eigenvalue weighted by Crippen LogP contribution is 2.31. The molecule has 3 rings (SSSR count). The molecule has 0 saturated carbocycles. The second-order valence-corrected chi connectivity index (χ2v) is 7.90. The van der Waals surface area contributed by atoms with E-state index in [1.807, 2.05) is 31.2 Å². The Labute approximate surface area is 171 Å². The molecule has 4 amide bonds. The number of amides is 4. The molecule has 2 saturated heterocycles. The normalized spacial score (nSPS) is 25.5. The molecule has 0 aliphatic carbocycles. The Morgan fingerprint density at radius 3 is 2.59 bits per heavy atom. The number of hydrogen-bond acceptors (Lipinski definition) is 5. The molecule has 8 heteroatoms. The lowest BCUT2D eigenvalue weighted by atomic mass is 10.00. The summed E-state index contributed by atoms with van der Waals surface area (Å²) in [6.07, 6.45) is 4.63. The monoisotopic (exact) mass is 402 g/mol. The highest BCUT2D eigenvalue weighted by molar-refractivity contribution is 6.07. The van der Waals surface area contributed by atoms with Crippen molar-refractivity contribution >= 4 is 17.8 Å². The fraction of sp³-hybridized carbons (Fsp3) is 0.571. The van der Waals surface area contributed by atoms with Crippen LogP contribution in [0.5, 0.6) is 5.75 Å². The highest BCUT2D eigenvalue weighted by atomic mass is 16.5. The van der Waals surface area contributed by atoms with Gasteiger partial charge in [-0.15, -0.1) is 0 Å². The first-order valence-electron chi connectivity index (χ1n) is 10.2. The maximum atomic E-state index is 12.7. The molecule has 1 aromatic rings. The van der Waals surface area contributed by atoms with E-state index >= 15 is 0 Å². The van der Waals surface area contributed by atoms with Gasteiger partial charge in [0.25, 0.3) is 11.8 Å². The summed E-state index contributed by atoms with van der Waals surface area (Å²) in [5, 5.41) is 3.45. The molecule has 2 N–H and O–H groups in total. The largest absolute Gasteiger partial charge is 0.497 e. The standard InChI is InChI=1S/C21H30N4O4/c1-4-21(2)19(27)25(20(28)22-21)23-18(26)14-24-13-7-5-6-8-17(24)15-9-11-16(29-3)12-10-15/h9-12,17H,4-8,13-14H2,1-3H3,(H,22,28)(H,23,26)/t17-,21-/m0/s1. The summed E-state index contributed by atoms with van der Waals surface area (Å²) < 4.78 is 5.24. The maximum absolute atomic E-state index is 12.7. The molecular formula is C21H30N4O4. The van der Waals surface area contributed by atoms with Crippen molar-refractivity contribution in [1.82, 2.24) is 20.7 Å². The third kappa shape index (κ3) is 4.53. The molecule has 2 atom stereocenters. The number of nitrogens with zero attached hydrogens (tertiary/aromatic N) is 2. The fourth-order valence-electron chi connectivity index (χ4n) is 3.93. The number of urea groups is 1. The zero-order valence-electron chi connectivity index (χ0n) is 17.4. The van der Waals surface area contributed by atoms with E-state index in [0.717, 1.165) is 48.5 Å². The molecule has 0 radical (unpaired) electrons. The minimum absolute atomic E-state index is 0.109. The van der Waals surface area contributed by atoms with Crippen LogP contribution < -0.4 is 15.5 Å². The number of ether oxygens (including phenoxy) is 1. The third-order valence-electron chi connectivity index (χ3n) is 5.92. The number of methoxy groups -OCH3 is 1. The van der Waals surface area contributed by atoms with E-state index in [1.54, 1.807) is 14.0 Å². The van der Waals surface area contributed by atoms with Crippen molar-refractivity contribution in [2.75, 3.05) is 20.2 Å². The predicted molar refractivity (Wildman–Crippen MR) is 108 cm³/mol. The van der Waals surface area contributed by atoms with Gasteiger partial charge in [-0.1, -0.05) is 31.9 Å². The molecule has 158 valence electrons. The number of nitrogens with one attached hydrogen (secondary N) is 2. The second-order valence-electron chi connectivity index (χ2n) is 7.90. The first-order chi connectivity index (χ1) is 13.9. The topological polar surface area (TPSA) is 91.0 Å². The molecule has 0 aromatic heterocycles. The van der Waals surface area contributed by atoms with Gasteiger partial charge in [0.15, 0.2) is 0 Å². The fourth-order valence-corrected chi connectivity index (χ4v) is 3.93. The number of carbonyl (C=O) groups excluding carboxylic acids is 3. The smallest absolute Gasteiger partial charge is 0.344 e. The Bertz CT molecular complexity index is 766. The van der Waals surface area contributed by atoms with Crippen molar-refractivity contribution in [3.05, 3.63) is 29.8 Å². The van der Waals surface area contributed by atoms with Crippen molar-refractivity contribution < 1.29 is 19.1 Å². The predicted octanol–water partition coefficient (Wildman–Crippen LogP) is 2.36. The van der Waals surface area contributed by atoms with Gasteiger partial charge in [-0.25, -0.2) is 4.79 Å². The summed E-state index contributed by atoms with van der Waals surface area (Å²) >= 11 is 0. The van der Waals surface area contributed by atoms with Crippen LogP contribution in [0.1, 0.15) is 57.6 Å². The average Bonchev–Trinajstić information content (AvgIpc) is 2.87. The lowest BCUT2D eigenvalue weighted by Gasteiger charge is -2.30. The van der Waals surface area contributed by atoms with Gasteiger partial charge in [0.1, 0.15) is 11.3 Å². The summed E-state index contributed by atoms with van der Waals surface area (Å²) in [4.78, 5) is 39.5. The van der Waals surface area contributed by atoms with Gasteiger partial charge in [-0.3, -0.25) is 19.9 Å². The van der Waals surface area contributed by atoms with Crippen molar-refractivity contribution in [3.63, 3.8) is 0 Å². The molecule has 8 nitrogen and oxygen atoms in total. The number of hydrazine groups is 1. The van der Waals surface area contributed by atoms with Gasteiger partial charge in [-0.2, -0.15) is 5.01 Å². The average molecular weight is 402 g/mol. The third-order valence-corrected chi connectivity index (χ3v) is 5.92. The van der Waals surface area contributed by atoms with Crippen LogP contribution in [0.25, 0.3) is 0 Å². The Hall–Kier alpha value is -2.61. The minimum Gasteiger partial charge on any atom is -0.497 e. The number of rotatable bonds is 6. The Morgan fingerprint density at radius 2 is 1.97 bits per heavy atom. The SMILES string of the molecule is CC[C@]1(C)NC(=O)N(NC(=O)CN2CCCCC[C@H]2c2ccc(OC)cc2)C1=O. The van der Waals surface area contributed by atoms with Gasteiger partial charge < -0.3 is 10.1 Å². The number of likely N-dealkylation sites (tertiary alicyclic amines) is 1. The van der Waals surface area contributed by atoms with E-state index in [4.69, 9.17) is 4.74 Å². The van der Waals surface area contributed by atoms with Gasteiger partial charge in [0.2, 0.25) is 0 Å². The van der Waals surface area contributed by atoms with Crippen molar-refractivity contribution in [2.45, 2.75) is 57.5 Å². The van der Waals surface area contributed by atoms with Crippen molar-refractivity contribution in [2.24, 2.45) is 0 Å². The molecule has 29 heavy (non-hydrogen) atoms. The summed E-state index contributed by atoms with van der Waals surface area (Å²) in [5.74, 6) is -0.000572. The number of imide groups is 1. The lowest BCUT2D eigenvalue weighted by molar-refractivity contribution is -0.139. The van der Waals surface area contributed by atoms with Crippen LogP contribution in [0.15, 0.2) is 24.3 Å². The zero-order chi connectivity index (χ0) is 21.0. The quantitative estimate of drug-likeness (QED) is 0.713. The zero-order valence-corrected chi connectivity index (χ0v) is 17.4. The maximum Gasteiger partial charge on any atom is 0.344 e. The van der Waals surface area contributed by atoms with Crippen LogP contribution in [0, 0.1) is 0 Å².